The smallest absolute Gasteiger partial charge is 0.119 e. The molecule has 0 saturated carbocycles. The Morgan fingerprint density at radius 2 is 1.67 bits per heavy atom. The Hall–Kier alpha value is -0.540. The molecule has 0 heterocycles. The molecule has 0 bridgehead atoms. The van der Waals surface area contributed by atoms with E-state index in [-0.39, 0.29) is 0 Å². The van der Waals surface area contributed by atoms with Gasteiger partial charge in [0, 0.05) is 11.0 Å². The fourth-order valence-corrected chi connectivity index (χ4v) is 2.81. The second-order valence-electron chi connectivity index (χ2n) is 5.61. The van der Waals surface area contributed by atoms with E-state index in [1.165, 1.54) is 56.9 Å². The van der Waals surface area contributed by atoms with Crippen molar-refractivity contribution in [3.05, 3.63) is 28.2 Å². The largest absolute Gasteiger partial charge is 0.497 e. The van der Waals surface area contributed by atoms with Crippen molar-refractivity contribution in [1.29, 1.82) is 0 Å². The van der Waals surface area contributed by atoms with E-state index in [9.17, 15) is 0 Å². The summed E-state index contributed by atoms with van der Waals surface area (Å²) in [6, 6.07) is 6.11. The Morgan fingerprint density at radius 1 is 1.00 bits per heavy atom. The number of rotatable bonds is 12. The van der Waals surface area contributed by atoms with Gasteiger partial charge in [0.15, 0.2) is 0 Å². The predicted molar refractivity (Wildman–Crippen MR) is 95.0 cm³/mol. The van der Waals surface area contributed by atoms with Crippen LogP contribution in [0, 0.1) is 0 Å². The Bertz CT molecular complexity index is 381. The standard InChI is InChI=1S/C18H30BrNO/c1-3-4-5-6-7-8-9-10-13-20-15-16-14-17(21-2)11-12-18(16)19/h11-12,14,20H,3-10,13,15H2,1-2H3. The first kappa shape index (κ1) is 18.5. The first-order chi connectivity index (χ1) is 10.3. The normalized spacial score (nSPS) is 10.8. The maximum atomic E-state index is 5.26. The second-order valence-corrected chi connectivity index (χ2v) is 6.46. The zero-order chi connectivity index (χ0) is 15.3. The third-order valence-electron chi connectivity index (χ3n) is 3.78. The van der Waals surface area contributed by atoms with Crippen LogP contribution >= 0.6 is 15.9 Å². The maximum Gasteiger partial charge on any atom is 0.119 e. The Labute approximate surface area is 138 Å². The summed E-state index contributed by atoms with van der Waals surface area (Å²) in [7, 11) is 1.71. The molecule has 0 saturated heterocycles. The number of hydrogen-bond donors (Lipinski definition) is 1. The Balaban J connectivity index is 2.04. The highest BCUT2D eigenvalue weighted by molar-refractivity contribution is 9.10. The Kier molecular flexibility index (Phi) is 10.6. The summed E-state index contributed by atoms with van der Waals surface area (Å²) in [5.41, 5.74) is 1.26. The fraction of sp³-hybridized carbons (Fsp3) is 0.667. The molecule has 1 N–H and O–H groups in total. The quantitative estimate of drug-likeness (QED) is 0.486. The molecule has 0 unspecified atom stereocenters. The average molecular weight is 356 g/mol. The fourth-order valence-electron chi connectivity index (χ4n) is 2.42. The first-order valence-corrected chi connectivity index (χ1v) is 9.10. The highest BCUT2D eigenvalue weighted by Gasteiger charge is 2.01. The lowest BCUT2D eigenvalue weighted by molar-refractivity contribution is 0.414. The third kappa shape index (κ3) is 8.47. The topological polar surface area (TPSA) is 21.3 Å². The number of hydrogen-bond acceptors (Lipinski definition) is 2. The number of unbranched alkanes of at least 4 members (excludes halogenated alkanes) is 7. The summed E-state index contributed by atoms with van der Waals surface area (Å²) in [5, 5.41) is 3.52. The molecule has 0 atom stereocenters. The summed E-state index contributed by atoms with van der Waals surface area (Å²) >= 11 is 3.59. The van der Waals surface area contributed by atoms with Crippen molar-refractivity contribution in [2.45, 2.75) is 64.8 Å². The monoisotopic (exact) mass is 355 g/mol. The molecule has 1 aromatic carbocycles. The van der Waals surface area contributed by atoms with Gasteiger partial charge in [0.1, 0.15) is 5.75 Å². The number of benzene rings is 1. The summed E-state index contributed by atoms with van der Waals surface area (Å²) in [4.78, 5) is 0. The van der Waals surface area contributed by atoms with Crippen LogP contribution in [0.25, 0.3) is 0 Å². The molecule has 1 rings (SSSR count). The first-order valence-electron chi connectivity index (χ1n) is 8.31. The number of ether oxygens (including phenoxy) is 1. The minimum Gasteiger partial charge on any atom is -0.497 e. The predicted octanol–water partition coefficient (Wildman–Crippen LogP) is 5.69. The van der Waals surface area contributed by atoms with Gasteiger partial charge in [0.2, 0.25) is 0 Å². The van der Waals surface area contributed by atoms with Crippen molar-refractivity contribution in [3.8, 4) is 5.75 Å². The number of nitrogens with one attached hydrogen (secondary N) is 1. The van der Waals surface area contributed by atoms with E-state index in [4.69, 9.17) is 4.74 Å². The minimum absolute atomic E-state index is 0.897. The molecule has 2 nitrogen and oxygen atoms in total. The summed E-state index contributed by atoms with van der Waals surface area (Å²) in [6.07, 6.45) is 11.0. The summed E-state index contributed by atoms with van der Waals surface area (Å²) in [5.74, 6) is 0.919. The molecule has 0 radical (unpaired) electrons. The van der Waals surface area contributed by atoms with Gasteiger partial charge in [-0.05, 0) is 36.7 Å². The molecule has 120 valence electrons. The zero-order valence-electron chi connectivity index (χ0n) is 13.6. The SMILES string of the molecule is CCCCCCCCCCNCc1cc(OC)ccc1Br. The van der Waals surface area contributed by atoms with Gasteiger partial charge in [-0.3, -0.25) is 0 Å². The van der Waals surface area contributed by atoms with Crippen molar-refractivity contribution in [2.24, 2.45) is 0 Å². The summed E-state index contributed by atoms with van der Waals surface area (Å²) in [6.45, 7) is 4.26. The molecule has 0 aliphatic rings. The number of methoxy groups -OCH3 is 1. The minimum atomic E-state index is 0.897. The van der Waals surface area contributed by atoms with Crippen LogP contribution in [0.1, 0.15) is 63.9 Å². The van der Waals surface area contributed by atoms with Crippen LogP contribution in [0.5, 0.6) is 5.75 Å². The van der Waals surface area contributed by atoms with Gasteiger partial charge in [0.25, 0.3) is 0 Å². The highest BCUT2D eigenvalue weighted by Crippen LogP contribution is 2.22. The van der Waals surface area contributed by atoms with Gasteiger partial charge in [-0.2, -0.15) is 0 Å². The third-order valence-corrected chi connectivity index (χ3v) is 4.55. The van der Waals surface area contributed by atoms with Crippen LogP contribution in [0.15, 0.2) is 22.7 Å². The van der Waals surface area contributed by atoms with E-state index in [0.717, 1.165) is 23.3 Å². The van der Waals surface area contributed by atoms with Crippen molar-refractivity contribution in [2.75, 3.05) is 13.7 Å². The van der Waals surface area contributed by atoms with E-state index in [0.29, 0.717) is 0 Å². The van der Waals surface area contributed by atoms with Crippen LogP contribution in [0.2, 0.25) is 0 Å². The summed E-state index contributed by atoms with van der Waals surface area (Å²) < 4.78 is 6.41. The van der Waals surface area contributed by atoms with Gasteiger partial charge >= 0.3 is 0 Å². The van der Waals surface area contributed by atoms with Crippen LogP contribution < -0.4 is 10.1 Å². The molecule has 0 aromatic heterocycles. The molecule has 0 aliphatic heterocycles. The van der Waals surface area contributed by atoms with E-state index in [2.05, 4.69) is 34.2 Å². The lowest BCUT2D eigenvalue weighted by Gasteiger charge is -2.09. The second kappa shape index (κ2) is 12.0. The van der Waals surface area contributed by atoms with Crippen LogP contribution in [-0.4, -0.2) is 13.7 Å². The lowest BCUT2D eigenvalue weighted by atomic mass is 10.1. The molecule has 0 aliphatic carbocycles. The molecule has 0 amide bonds. The van der Waals surface area contributed by atoms with Crippen LogP contribution in [-0.2, 0) is 6.54 Å². The van der Waals surface area contributed by atoms with E-state index in [1.807, 2.05) is 12.1 Å². The zero-order valence-corrected chi connectivity index (χ0v) is 15.2. The van der Waals surface area contributed by atoms with Gasteiger partial charge in [-0.15, -0.1) is 0 Å². The van der Waals surface area contributed by atoms with E-state index in [1.54, 1.807) is 7.11 Å². The maximum absolute atomic E-state index is 5.26. The van der Waals surface area contributed by atoms with Crippen molar-refractivity contribution < 1.29 is 4.74 Å². The van der Waals surface area contributed by atoms with Gasteiger partial charge < -0.3 is 10.1 Å². The number of halogens is 1. The van der Waals surface area contributed by atoms with Gasteiger partial charge in [-0.1, -0.05) is 67.8 Å². The average Bonchev–Trinajstić information content (AvgIpc) is 2.51. The van der Waals surface area contributed by atoms with Crippen LogP contribution in [0.4, 0.5) is 0 Å². The molecular weight excluding hydrogens is 326 g/mol. The lowest BCUT2D eigenvalue weighted by Crippen LogP contribution is -2.15. The molecule has 3 heteroatoms. The molecule has 21 heavy (non-hydrogen) atoms. The highest BCUT2D eigenvalue weighted by atomic mass is 79.9. The molecular formula is C18H30BrNO. The van der Waals surface area contributed by atoms with E-state index >= 15 is 0 Å². The van der Waals surface area contributed by atoms with Gasteiger partial charge in [-0.25, -0.2) is 0 Å². The van der Waals surface area contributed by atoms with Crippen molar-refractivity contribution in [3.63, 3.8) is 0 Å². The van der Waals surface area contributed by atoms with Crippen LogP contribution in [0.3, 0.4) is 0 Å². The molecule has 0 fully saturated rings. The van der Waals surface area contributed by atoms with Crippen molar-refractivity contribution >= 4 is 15.9 Å². The van der Waals surface area contributed by atoms with Gasteiger partial charge in [0.05, 0.1) is 7.11 Å². The molecule has 1 aromatic rings. The van der Waals surface area contributed by atoms with Crippen molar-refractivity contribution in [1.82, 2.24) is 5.32 Å². The molecule has 0 spiro atoms. The Morgan fingerprint density at radius 3 is 2.33 bits per heavy atom. The van der Waals surface area contributed by atoms with E-state index < -0.39 is 0 Å².